The summed E-state index contributed by atoms with van der Waals surface area (Å²) >= 11 is 0. The predicted octanol–water partition coefficient (Wildman–Crippen LogP) is 1.34. The summed E-state index contributed by atoms with van der Waals surface area (Å²) in [5.74, 6) is 0.225. The van der Waals surface area contributed by atoms with Crippen molar-refractivity contribution in [1.82, 2.24) is 15.3 Å². The van der Waals surface area contributed by atoms with Crippen molar-refractivity contribution < 1.29 is 8.42 Å². The summed E-state index contributed by atoms with van der Waals surface area (Å²) in [6, 6.07) is 1.98. The van der Waals surface area contributed by atoms with Crippen LogP contribution in [0.5, 0.6) is 0 Å². The first-order chi connectivity index (χ1) is 8.53. The first-order valence-corrected chi connectivity index (χ1v) is 8.26. The van der Waals surface area contributed by atoms with Gasteiger partial charge in [-0.1, -0.05) is 6.92 Å². The third-order valence-corrected chi connectivity index (χ3v) is 3.64. The lowest BCUT2D eigenvalue weighted by Gasteiger charge is -2.17. The van der Waals surface area contributed by atoms with E-state index in [0.717, 1.165) is 25.1 Å². The summed E-state index contributed by atoms with van der Waals surface area (Å²) in [5.41, 5.74) is 0.923. The molecular formula is C12H21N3O2S. The van der Waals surface area contributed by atoms with Crippen LogP contribution in [-0.2, 0) is 9.84 Å². The summed E-state index contributed by atoms with van der Waals surface area (Å²) in [7, 11) is -2.88. The molecule has 1 N–H and O–H groups in total. The molecule has 0 aromatic carbocycles. The first-order valence-electron chi connectivity index (χ1n) is 6.20. The highest BCUT2D eigenvalue weighted by atomic mass is 32.2. The van der Waals surface area contributed by atoms with Gasteiger partial charge in [0.15, 0.2) is 0 Å². The predicted molar refractivity (Wildman–Crippen MR) is 72.0 cm³/mol. The lowest BCUT2D eigenvalue weighted by molar-refractivity contribution is 0.482. The number of sulfone groups is 1. The highest BCUT2D eigenvalue weighted by Crippen LogP contribution is 2.16. The van der Waals surface area contributed by atoms with E-state index in [1.807, 2.05) is 6.07 Å². The van der Waals surface area contributed by atoms with E-state index in [4.69, 9.17) is 0 Å². The van der Waals surface area contributed by atoms with Crippen molar-refractivity contribution in [3.63, 3.8) is 0 Å². The molecule has 0 saturated carbocycles. The Morgan fingerprint density at radius 3 is 2.78 bits per heavy atom. The molecule has 1 heterocycles. The van der Waals surface area contributed by atoms with Crippen molar-refractivity contribution in [3.8, 4) is 0 Å². The Bertz CT molecular complexity index is 434. The molecule has 0 bridgehead atoms. The number of rotatable bonds is 8. The van der Waals surface area contributed by atoms with Crippen molar-refractivity contribution >= 4 is 9.84 Å². The van der Waals surface area contributed by atoms with Crippen molar-refractivity contribution in [2.75, 3.05) is 18.6 Å². The molecule has 0 fully saturated rings. The van der Waals surface area contributed by atoms with Crippen LogP contribution in [0.4, 0.5) is 0 Å². The molecule has 18 heavy (non-hydrogen) atoms. The SMILES string of the molecule is CCCNC(CCCS(C)(=O)=O)c1ccncn1. The second-order valence-electron chi connectivity index (χ2n) is 4.41. The van der Waals surface area contributed by atoms with Gasteiger partial charge in [-0.05, 0) is 31.9 Å². The zero-order valence-electron chi connectivity index (χ0n) is 11.0. The van der Waals surface area contributed by atoms with Crippen LogP contribution in [0.25, 0.3) is 0 Å². The van der Waals surface area contributed by atoms with Crippen LogP contribution in [0.15, 0.2) is 18.6 Å². The fraction of sp³-hybridized carbons (Fsp3) is 0.667. The molecule has 1 aromatic rings. The van der Waals surface area contributed by atoms with E-state index < -0.39 is 9.84 Å². The topological polar surface area (TPSA) is 72.0 Å². The average molecular weight is 271 g/mol. The van der Waals surface area contributed by atoms with Gasteiger partial charge in [0, 0.05) is 24.2 Å². The molecule has 0 aliphatic rings. The van der Waals surface area contributed by atoms with E-state index in [2.05, 4.69) is 22.2 Å². The zero-order valence-corrected chi connectivity index (χ0v) is 11.8. The molecule has 1 atom stereocenters. The monoisotopic (exact) mass is 271 g/mol. The minimum Gasteiger partial charge on any atom is -0.309 e. The van der Waals surface area contributed by atoms with Gasteiger partial charge in [-0.3, -0.25) is 0 Å². The van der Waals surface area contributed by atoms with E-state index in [-0.39, 0.29) is 11.8 Å². The molecular weight excluding hydrogens is 250 g/mol. The molecule has 5 nitrogen and oxygen atoms in total. The third-order valence-electron chi connectivity index (χ3n) is 2.61. The molecule has 102 valence electrons. The Morgan fingerprint density at radius 1 is 1.44 bits per heavy atom. The average Bonchev–Trinajstić information content (AvgIpc) is 2.33. The highest BCUT2D eigenvalue weighted by Gasteiger charge is 2.13. The fourth-order valence-corrected chi connectivity index (χ4v) is 2.42. The molecule has 0 amide bonds. The minimum absolute atomic E-state index is 0.106. The highest BCUT2D eigenvalue weighted by molar-refractivity contribution is 7.90. The summed E-state index contributed by atoms with van der Waals surface area (Å²) in [6.07, 6.45) is 6.94. The Hall–Kier alpha value is -1.01. The number of aromatic nitrogens is 2. The van der Waals surface area contributed by atoms with Crippen molar-refractivity contribution in [2.24, 2.45) is 0 Å². The normalized spacial score (nSPS) is 13.4. The van der Waals surface area contributed by atoms with Gasteiger partial charge in [-0.2, -0.15) is 0 Å². The van der Waals surface area contributed by atoms with E-state index in [9.17, 15) is 8.42 Å². The maximum Gasteiger partial charge on any atom is 0.147 e. The number of hydrogen-bond donors (Lipinski definition) is 1. The molecule has 0 aliphatic carbocycles. The second kappa shape index (κ2) is 7.43. The van der Waals surface area contributed by atoms with Crippen LogP contribution in [0.1, 0.15) is 37.9 Å². The molecule has 1 rings (SSSR count). The summed E-state index contributed by atoms with van der Waals surface area (Å²) in [4.78, 5) is 8.12. The molecule has 0 spiro atoms. The number of hydrogen-bond acceptors (Lipinski definition) is 5. The Kier molecular flexibility index (Phi) is 6.21. The van der Waals surface area contributed by atoms with Gasteiger partial charge >= 0.3 is 0 Å². The first kappa shape index (κ1) is 15.0. The molecule has 0 radical (unpaired) electrons. The largest absolute Gasteiger partial charge is 0.309 e. The van der Waals surface area contributed by atoms with Crippen LogP contribution < -0.4 is 5.32 Å². The maximum atomic E-state index is 11.1. The number of nitrogens with zero attached hydrogens (tertiary/aromatic N) is 2. The smallest absolute Gasteiger partial charge is 0.147 e. The van der Waals surface area contributed by atoms with Gasteiger partial charge in [0.2, 0.25) is 0 Å². The Morgan fingerprint density at radius 2 is 2.22 bits per heavy atom. The summed E-state index contributed by atoms with van der Waals surface area (Å²) < 4.78 is 22.2. The Balaban J connectivity index is 2.56. The van der Waals surface area contributed by atoms with E-state index in [1.54, 1.807) is 6.20 Å². The van der Waals surface area contributed by atoms with Crippen LogP contribution in [0.3, 0.4) is 0 Å². The number of nitrogens with one attached hydrogen (secondary N) is 1. The summed E-state index contributed by atoms with van der Waals surface area (Å²) in [6.45, 7) is 2.99. The van der Waals surface area contributed by atoms with Crippen molar-refractivity contribution in [1.29, 1.82) is 0 Å². The van der Waals surface area contributed by atoms with Gasteiger partial charge in [0.1, 0.15) is 16.2 Å². The van der Waals surface area contributed by atoms with Gasteiger partial charge in [0.05, 0.1) is 5.69 Å². The second-order valence-corrected chi connectivity index (χ2v) is 6.67. The molecule has 0 saturated heterocycles. The quantitative estimate of drug-likeness (QED) is 0.772. The lowest BCUT2D eigenvalue weighted by atomic mass is 10.1. The lowest BCUT2D eigenvalue weighted by Crippen LogP contribution is -2.23. The third kappa shape index (κ3) is 6.07. The van der Waals surface area contributed by atoms with Gasteiger partial charge in [-0.15, -0.1) is 0 Å². The van der Waals surface area contributed by atoms with Crippen LogP contribution in [0.2, 0.25) is 0 Å². The molecule has 6 heteroatoms. The zero-order chi connectivity index (χ0) is 13.4. The standard InChI is InChI=1S/C12H21N3O2S/c1-3-7-14-11(5-4-9-18(2,16)17)12-6-8-13-10-15-12/h6,8,10-11,14H,3-5,7,9H2,1-2H3. The Labute approximate surface area is 109 Å². The van der Waals surface area contributed by atoms with Crippen LogP contribution in [0, 0.1) is 0 Å². The van der Waals surface area contributed by atoms with Gasteiger partial charge in [0.25, 0.3) is 0 Å². The van der Waals surface area contributed by atoms with E-state index >= 15 is 0 Å². The fourth-order valence-electron chi connectivity index (χ4n) is 1.73. The van der Waals surface area contributed by atoms with Crippen LogP contribution >= 0.6 is 0 Å². The molecule has 1 unspecified atom stereocenters. The summed E-state index contributed by atoms with van der Waals surface area (Å²) in [5, 5.41) is 3.39. The van der Waals surface area contributed by atoms with Crippen LogP contribution in [-0.4, -0.2) is 36.9 Å². The van der Waals surface area contributed by atoms with Gasteiger partial charge < -0.3 is 5.32 Å². The van der Waals surface area contributed by atoms with Crippen molar-refractivity contribution in [3.05, 3.63) is 24.3 Å². The van der Waals surface area contributed by atoms with Crippen molar-refractivity contribution in [2.45, 2.75) is 32.2 Å². The maximum absolute atomic E-state index is 11.1. The van der Waals surface area contributed by atoms with Gasteiger partial charge in [-0.25, -0.2) is 18.4 Å². The molecule has 0 aliphatic heterocycles. The molecule has 1 aromatic heterocycles. The minimum atomic E-state index is -2.88. The van der Waals surface area contributed by atoms with E-state index in [0.29, 0.717) is 6.42 Å². The van der Waals surface area contributed by atoms with E-state index in [1.165, 1.54) is 12.6 Å².